The lowest BCUT2D eigenvalue weighted by Crippen LogP contribution is -2.16. The Labute approximate surface area is 375 Å². The molecule has 11 aromatic carbocycles. The van der Waals surface area contributed by atoms with Crippen LogP contribution in [-0.4, -0.2) is 0 Å². The van der Waals surface area contributed by atoms with Crippen molar-refractivity contribution in [3.8, 4) is 55.6 Å². The van der Waals surface area contributed by atoms with E-state index < -0.39 is 0 Å². The van der Waals surface area contributed by atoms with Crippen LogP contribution in [0.25, 0.3) is 132 Å². The molecule has 0 aliphatic heterocycles. The van der Waals surface area contributed by atoms with Gasteiger partial charge in [0.15, 0.2) is 0 Å². The van der Waals surface area contributed by atoms with Crippen molar-refractivity contribution in [3.05, 3.63) is 217 Å². The first kappa shape index (κ1) is 36.3. The minimum absolute atomic E-state index is 0.104. The molecule has 2 heterocycles. The summed E-state index contributed by atoms with van der Waals surface area (Å²) < 4.78 is 12.9. The molecule has 0 atom stereocenters. The van der Waals surface area contributed by atoms with E-state index in [1.165, 1.54) is 93.5 Å². The third-order valence-electron chi connectivity index (χ3n) is 14.4. The molecule has 2 nitrogen and oxygen atoms in total. The highest BCUT2D eigenvalue weighted by atomic mass is 16.3. The van der Waals surface area contributed by atoms with Gasteiger partial charge in [0, 0.05) is 27.0 Å². The Morgan fingerprint density at radius 2 is 0.800 bits per heavy atom. The highest BCUT2D eigenvalue weighted by Crippen LogP contribution is 2.53. The van der Waals surface area contributed by atoms with E-state index in [0.29, 0.717) is 0 Å². The number of fused-ring (bicyclic) bond motifs is 12. The van der Waals surface area contributed by atoms with Gasteiger partial charge in [-0.05, 0) is 135 Å². The second kappa shape index (κ2) is 13.4. The van der Waals surface area contributed by atoms with Crippen LogP contribution in [-0.2, 0) is 5.41 Å². The maximum absolute atomic E-state index is 6.57. The smallest absolute Gasteiger partial charge is 0.136 e. The van der Waals surface area contributed by atoms with E-state index in [2.05, 4.69) is 208 Å². The molecule has 65 heavy (non-hydrogen) atoms. The zero-order chi connectivity index (χ0) is 43.0. The zero-order valence-electron chi connectivity index (χ0n) is 35.9. The minimum Gasteiger partial charge on any atom is -0.456 e. The molecule has 1 aliphatic carbocycles. The van der Waals surface area contributed by atoms with E-state index in [9.17, 15) is 0 Å². The Balaban J connectivity index is 0.998. The Morgan fingerprint density at radius 3 is 1.62 bits per heavy atom. The maximum Gasteiger partial charge on any atom is 0.136 e. The first-order valence-corrected chi connectivity index (χ1v) is 22.6. The van der Waals surface area contributed by atoms with Crippen molar-refractivity contribution in [2.75, 3.05) is 0 Å². The van der Waals surface area contributed by atoms with Crippen LogP contribution in [0.2, 0.25) is 0 Å². The molecular weight excluding hydrogens is 789 g/mol. The summed E-state index contributed by atoms with van der Waals surface area (Å²) in [6, 6.07) is 75.7. The average Bonchev–Trinajstić information content (AvgIpc) is 3.98. The van der Waals surface area contributed by atoms with Gasteiger partial charge in [0.25, 0.3) is 0 Å². The van der Waals surface area contributed by atoms with Crippen molar-refractivity contribution in [2.45, 2.75) is 19.3 Å². The largest absolute Gasteiger partial charge is 0.456 e. The van der Waals surface area contributed by atoms with Crippen molar-refractivity contribution in [2.24, 2.45) is 0 Å². The van der Waals surface area contributed by atoms with Crippen molar-refractivity contribution < 1.29 is 8.83 Å². The van der Waals surface area contributed by atoms with Gasteiger partial charge < -0.3 is 8.83 Å². The maximum atomic E-state index is 6.57. The molecule has 0 N–H and O–H groups in total. The molecule has 2 heteroatoms. The number of hydrogen-bond acceptors (Lipinski definition) is 2. The van der Waals surface area contributed by atoms with Crippen LogP contribution >= 0.6 is 0 Å². The van der Waals surface area contributed by atoms with Gasteiger partial charge in [-0.3, -0.25) is 0 Å². The van der Waals surface area contributed by atoms with Crippen LogP contribution < -0.4 is 0 Å². The Morgan fingerprint density at radius 1 is 0.292 bits per heavy atom. The minimum atomic E-state index is -0.104. The van der Waals surface area contributed by atoms with Gasteiger partial charge in [0.2, 0.25) is 0 Å². The molecule has 0 spiro atoms. The molecule has 13 aromatic rings. The van der Waals surface area contributed by atoms with Crippen molar-refractivity contribution in [1.29, 1.82) is 0 Å². The number of benzene rings is 11. The highest BCUT2D eigenvalue weighted by Gasteiger charge is 2.37. The molecule has 2 aromatic heterocycles. The summed E-state index contributed by atoms with van der Waals surface area (Å²) in [5, 5.41) is 11.6. The standard InChI is InChI=1S/C63H40O2/c1-63(2)55-23-9-7-16-45(55)50-22-12-21-44(62(50)63)38-25-27-39(28-26-38)60-47-18-5-6-19-48(47)61(49-31-29-40(33-54(49)60)43-20-11-14-37-13-3-4-15-42(37)43)41-30-32-57-51(34-41)53-36-58-52(35-59(53)65-57)46-17-8-10-24-56(46)64-58/h3-36H,1-2H3. The van der Waals surface area contributed by atoms with Gasteiger partial charge >= 0.3 is 0 Å². The van der Waals surface area contributed by atoms with Crippen LogP contribution in [0.15, 0.2) is 215 Å². The first-order chi connectivity index (χ1) is 32.0. The Bertz CT molecular complexity index is 4130. The number of rotatable bonds is 4. The SMILES string of the molecule is CC1(C)c2ccccc2-c2cccc(-c3ccc(-c4c5ccccc5c(-c5ccc6oc7cc8c(cc7c6c5)oc5ccccc58)c5ccc(-c6cccc7ccccc67)cc45)cc3)c21. The van der Waals surface area contributed by atoms with Crippen LogP contribution in [0.4, 0.5) is 0 Å². The molecule has 0 unspecified atom stereocenters. The normalized spacial score (nSPS) is 13.2. The second-order valence-corrected chi connectivity index (χ2v) is 18.3. The zero-order valence-corrected chi connectivity index (χ0v) is 35.9. The summed E-state index contributed by atoms with van der Waals surface area (Å²) in [4.78, 5) is 0. The molecule has 0 fully saturated rings. The number of furan rings is 2. The summed E-state index contributed by atoms with van der Waals surface area (Å²) in [6.07, 6.45) is 0. The summed E-state index contributed by atoms with van der Waals surface area (Å²) in [6.45, 7) is 4.74. The van der Waals surface area contributed by atoms with E-state index in [-0.39, 0.29) is 5.41 Å². The van der Waals surface area contributed by atoms with Crippen molar-refractivity contribution in [1.82, 2.24) is 0 Å². The Hall–Kier alpha value is -8.20. The predicted molar refractivity (Wildman–Crippen MR) is 273 cm³/mol. The van der Waals surface area contributed by atoms with Crippen LogP contribution in [0, 0.1) is 0 Å². The van der Waals surface area contributed by atoms with E-state index >= 15 is 0 Å². The lowest BCUT2D eigenvalue weighted by atomic mass is 9.78. The quantitative estimate of drug-likeness (QED) is 0.165. The topological polar surface area (TPSA) is 26.3 Å². The molecule has 14 rings (SSSR count). The molecule has 0 saturated carbocycles. The summed E-state index contributed by atoms with van der Waals surface area (Å²) in [5.74, 6) is 0. The van der Waals surface area contributed by atoms with Crippen molar-refractivity contribution >= 4 is 76.2 Å². The van der Waals surface area contributed by atoms with Crippen LogP contribution in [0.1, 0.15) is 25.0 Å². The lowest BCUT2D eigenvalue weighted by molar-refractivity contribution is 0.662. The van der Waals surface area contributed by atoms with Gasteiger partial charge in [0.1, 0.15) is 22.3 Å². The fourth-order valence-electron chi connectivity index (χ4n) is 11.5. The fraction of sp³-hybridized carbons (Fsp3) is 0.0476. The third kappa shape index (κ3) is 5.23. The fourth-order valence-corrected chi connectivity index (χ4v) is 11.5. The average molecular weight is 829 g/mol. The first-order valence-electron chi connectivity index (χ1n) is 22.6. The van der Waals surface area contributed by atoms with E-state index in [0.717, 1.165) is 49.4 Å². The van der Waals surface area contributed by atoms with Gasteiger partial charge in [-0.15, -0.1) is 0 Å². The number of para-hydroxylation sites is 1. The number of hydrogen-bond donors (Lipinski definition) is 0. The van der Waals surface area contributed by atoms with Gasteiger partial charge in [-0.2, -0.15) is 0 Å². The third-order valence-corrected chi connectivity index (χ3v) is 14.4. The van der Waals surface area contributed by atoms with Gasteiger partial charge in [-0.25, -0.2) is 0 Å². The second-order valence-electron chi connectivity index (χ2n) is 18.3. The molecular formula is C63H40O2. The molecule has 0 saturated heterocycles. The van der Waals surface area contributed by atoms with Gasteiger partial charge in [0.05, 0.1) is 0 Å². The molecule has 304 valence electrons. The summed E-state index contributed by atoms with van der Waals surface area (Å²) in [7, 11) is 0. The molecule has 0 bridgehead atoms. The predicted octanol–water partition coefficient (Wildman–Crippen LogP) is 17.9. The highest BCUT2D eigenvalue weighted by molar-refractivity contribution is 6.23. The Kier molecular flexibility index (Phi) is 7.49. The van der Waals surface area contributed by atoms with Crippen LogP contribution in [0.3, 0.4) is 0 Å². The van der Waals surface area contributed by atoms with E-state index in [1.54, 1.807) is 0 Å². The molecule has 0 radical (unpaired) electrons. The van der Waals surface area contributed by atoms with Gasteiger partial charge in [-0.1, -0.05) is 184 Å². The summed E-state index contributed by atoms with van der Waals surface area (Å²) in [5.41, 5.74) is 18.6. The molecule has 1 aliphatic rings. The van der Waals surface area contributed by atoms with Crippen molar-refractivity contribution in [3.63, 3.8) is 0 Å². The monoisotopic (exact) mass is 828 g/mol. The van der Waals surface area contributed by atoms with E-state index in [4.69, 9.17) is 8.83 Å². The lowest BCUT2D eigenvalue weighted by Gasteiger charge is -2.24. The van der Waals surface area contributed by atoms with E-state index in [1.807, 2.05) is 12.1 Å². The van der Waals surface area contributed by atoms with Crippen LogP contribution in [0.5, 0.6) is 0 Å². The molecule has 0 amide bonds. The summed E-state index contributed by atoms with van der Waals surface area (Å²) >= 11 is 0.